The number of thiophene rings is 1. The summed E-state index contributed by atoms with van der Waals surface area (Å²) in [5.41, 5.74) is 6.89. The molecule has 2 N–H and O–H groups in total. The van der Waals surface area contributed by atoms with Crippen LogP contribution in [0, 0.1) is 0 Å². The van der Waals surface area contributed by atoms with Gasteiger partial charge in [-0.1, -0.05) is 17.7 Å². The van der Waals surface area contributed by atoms with Gasteiger partial charge in [0.15, 0.2) is 0 Å². The van der Waals surface area contributed by atoms with E-state index < -0.39 is 0 Å². The molecule has 2 aromatic rings. The van der Waals surface area contributed by atoms with Gasteiger partial charge in [0.2, 0.25) is 0 Å². The smallest absolute Gasteiger partial charge is 0.0420 e. The highest BCUT2D eigenvalue weighted by Crippen LogP contribution is 2.29. The number of rotatable bonds is 3. The Kier molecular flexibility index (Phi) is 3.06. The molecule has 0 spiro atoms. The standard InChI is InChI=1S/C11H12ClNS/c12-9-3-4-10-8(2-1-5-13)7-14-11(10)6-9/h3-4,6-7H,1-2,5,13H2. The zero-order chi connectivity index (χ0) is 9.97. The Balaban J connectivity index is 2.37. The molecule has 0 atom stereocenters. The van der Waals surface area contributed by atoms with Gasteiger partial charge in [-0.25, -0.2) is 0 Å². The Morgan fingerprint density at radius 2 is 2.21 bits per heavy atom. The second-order valence-corrected chi connectivity index (χ2v) is 4.64. The van der Waals surface area contributed by atoms with Crippen molar-refractivity contribution < 1.29 is 0 Å². The highest BCUT2D eigenvalue weighted by molar-refractivity contribution is 7.17. The predicted molar refractivity (Wildman–Crippen MR) is 64.2 cm³/mol. The zero-order valence-electron chi connectivity index (χ0n) is 7.79. The van der Waals surface area contributed by atoms with Gasteiger partial charge in [-0.05, 0) is 47.8 Å². The van der Waals surface area contributed by atoms with Gasteiger partial charge in [-0.2, -0.15) is 0 Å². The van der Waals surface area contributed by atoms with Crippen molar-refractivity contribution in [1.29, 1.82) is 0 Å². The molecular weight excluding hydrogens is 214 g/mol. The molecule has 74 valence electrons. The van der Waals surface area contributed by atoms with E-state index in [0.717, 1.165) is 24.4 Å². The first-order valence-corrected chi connectivity index (χ1v) is 5.92. The van der Waals surface area contributed by atoms with Gasteiger partial charge in [0, 0.05) is 9.72 Å². The van der Waals surface area contributed by atoms with Crippen LogP contribution in [0.1, 0.15) is 12.0 Å². The molecule has 1 nitrogen and oxygen atoms in total. The van der Waals surface area contributed by atoms with E-state index in [4.69, 9.17) is 17.3 Å². The van der Waals surface area contributed by atoms with Gasteiger partial charge >= 0.3 is 0 Å². The van der Waals surface area contributed by atoms with E-state index in [9.17, 15) is 0 Å². The summed E-state index contributed by atoms with van der Waals surface area (Å²) in [5, 5.41) is 4.34. The van der Waals surface area contributed by atoms with Crippen LogP contribution in [0.2, 0.25) is 5.02 Å². The average molecular weight is 226 g/mol. The lowest BCUT2D eigenvalue weighted by Gasteiger charge is -1.97. The molecule has 0 saturated carbocycles. The van der Waals surface area contributed by atoms with Crippen molar-refractivity contribution in [2.75, 3.05) is 6.54 Å². The third kappa shape index (κ3) is 1.92. The van der Waals surface area contributed by atoms with Crippen molar-refractivity contribution in [3.63, 3.8) is 0 Å². The SMILES string of the molecule is NCCCc1csc2cc(Cl)ccc12. The topological polar surface area (TPSA) is 26.0 Å². The van der Waals surface area contributed by atoms with Crippen LogP contribution in [0.3, 0.4) is 0 Å². The van der Waals surface area contributed by atoms with Crippen molar-refractivity contribution in [3.05, 3.63) is 34.2 Å². The van der Waals surface area contributed by atoms with Crippen LogP contribution in [-0.4, -0.2) is 6.54 Å². The molecule has 1 heterocycles. The van der Waals surface area contributed by atoms with Crippen molar-refractivity contribution in [1.82, 2.24) is 0 Å². The first-order valence-electron chi connectivity index (χ1n) is 4.67. The number of hydrogen-bond acceptors (Lipinski definition) is 2. The van der Waals surface area contributed by atoms with Gasteiger partial charge in [-0.15, -0.1) is 11.3 Å². The minimum absolute atomic E-state index is 0.755. The molecule has 2 rings (SSSR count). The Morgan fingerprint density at radius 1 is 1.36 bits per heavy atom. The molecule has 0 saturated heterocycles. The van der Waals surface area contributed by atoms with E-state index in [-0.39, 0.29) is 0 Å². The minimum atomic E-state index is 0.755. The van der Waals surface area contributed by atoms with Gasteiger partial charge < -0.3 is 5.73 Å². The van der Waals surface area contributed by atoms with Crippen molar-refractivity contribution >= 4 is 33.0 Å². The lowest BCUT2D eigenvalue weighted by molar-refractivity contribution is 0.839. The molecular formula is C11H12ClNS. The van der Waals surface area contributed by atoms with E-state index in [1.54, 1.807) is 11.3 Å². The van der Waals surface area contributed by atoms with Gasteiger partial charge in [0.1, 0.15) is 0 Å². The summed E-state index contributed by atoms with van der Waals surface area (Å²) in [5.74, 6) is 0. The Morgan fingerprint density at radius 3 is 3.00 bits per heavy atom. The summed E-state index contributed by atoms with van der Waals surface area (Å²) in [6, 6.07) is 6.07. The quantitative estimate of drug-likeness (QED) is 0.851. The molecule has 0 bridgehead atoms. The third-order valence-corrected chi connectivity index (χ3v) is 3.50. The normalized spacial score (nSPS) is 11.0. The maximum Gasteiger partial charge on any atom is 0.0420 e. The molecule has 0 fully saturated rings. The number of halogens is 1. The highest BCUT2D eigenvalue weighted by atomic mass is 35.5. The summed E-state index contributed by atoms with van der Waals surface area (Å²) in [6.45, 7) is 0.755. The lowest BCUT2D eigenvalue weighted by atomic mass is 10.1. The fourth-order valence-electron chi connectivity index (χ4n) is 1.54. The van der Waals surface area contributed by atoms with E-state index in [2.05, 4.69) is 11.4 Å². The molecule has 14 heavy (non-hydrogen) atoms. The molecule has 1 aromatic carbocycles. The van der Waals surface area contributed by atoms with Crippen LogP contribution >= 0.6 is 22.9 Å². The second-order valence-electron chi connectivity index (χ2n) is 3.29. The van der Waals surface area contributed by atoms with Gasteiger partial charge in [0.05, 0.1) is 0 Å². The molecule has 0 aliphatic carbocycles. The maximum absolute atomic E-state index is 5.92. The van der Waals surface area contributed by atoms with E-state index >= 15 is 0 Å². The zero-order valence-corrected chi connectivity index (χ0v) is 9.37. The van der Waals surface area contributed by atoms with Gasteiger partial charge in [0.25, 0.3) is 0 Å². The molecule has 3 heteroatoms. The molecule has 0 radical (unpaired) electrons. The second kappa shape index (κ2) is 4.30. The largest absolute Gasteiger partial charge is 0.330 e. The Labute approximate surface area is 92.5 Å². The van der Waals surface area contributed by atoms with Crippen LogP contribution in [0.4, 0.5) is 0 Å². The summed E-state index contributed by atoms with van der Waals surface area (Å²) in [7, 11) is 0. The van der Waals surface area contributed by atoms with Crippen LogP contribution < -0.4 is 5.73 Å². The predicted octanol–water partition coefficient (Wildman–Crippen LogP) is 3.45. The molecule has 0 amide bonds. The van der Waals surface area contributed by atoms with Crippen molar-refractivity contribution in [3.8, 4) is 0 Å². The number of nitrogens with two attached hydrogens (primary N) is 1. The number of fused-ring (bicyclic) bond motifs is 1. The number of benzene rings is 1. The van der Waals surface area contributed by atoms with Crippen LogP contribution in [0.5, 0.6) is 0 Å². The monoisotopic (exact) mass is 225 g/mol. The van der Waals surface area contributed by atoms with E-state index in [0.29, 0.717) is 0 Å². The van der Waals surface area contributed by atoms with Crippen molar-refractivity contribution in [2.45, 2.75) is 12.8 Å². The molecule has 0 unspecified atom stereocenters. The highest BCUT2D eigenvalue weighted by Gasteiger charge is 2.03. The fourth-order valence-corrected chi connectivity index (χ4v) is 2.82. The first kappa shape index (κ1) is 9.97. The van der Waals surface area contributed by atoms with E-state index in [1.807, 2.05) is 12.1 Å². The van der Waals surface area contributed by atoms with Crippen LogP contribution in [0.15, 0.2) is 23.6 Å². The van der Waals surface area contributed by atoms with Crippen molar-refractivity contribution in [2.24, 2.45) is 5.73 Å². The third-order valence-electron chi connectivity index (χ3n) is 2.27. The summed E-state index contributed by atoms with van der Waals surface area (Å²) in [4.78, 5) is 0. The minimum Gasteiger partial charge on any atom is -0.330 e. The summed E-state index contributed by atoms with van der Waals surface area (Å²) in [6.07, 6.45) is 2.12. The maximum atomic E-state index is 5.92. The van der Waals surface area contributed by atoms with Crippen LogP contribution in [0.25, 0.3) is 10.1 Å². The van der Waals surface area contributed by atoms with Crippen LogP contribution in [-0.2, 0) is 6.42 Å². The molecule has 0 aliphatic heterocycles. The summed E-state index contributed by atoms with van der Waals surface area (Å²) >= 11 is 7.67. The molecule has 1 aromatic heterocycles. The summed E-state index contributed by atoms with van der Waals surface area (Å²) < 4.78 is 1.27. The number of hydrogen-bond donors (Lipinski definition) is 1. The lowest BCUT2D eigenvalue weighted by Crippen LogP contribution is -1.99. The molecule has 0 aliphatic rings. The van der Waals surface area contributed by atoms with E-state index in [1.165, 1.54) is 15.6 Å². The Hall–Kier alpha value is -0.570. The first-order chi connectivity index (χ1) is 6.81. The van der Waals surface area contributed by atoms with Gasteiger partial charge in [-0.3, -0.25) is 0 Å². The Bertz CT molecular complexity index is 436. The number of aryl methyl sites for hydroxylation is 1. The fraction of sp³-hybridized carbons (Fsp3) is 0.273. The average Bonchev–Trinajstić information content (AvgIpc) is 2.57.